The lowest BCUT2D eigenvalue weighted by Gasteiger charge is -2.33. The van der Waals surface area contributed by atoms with Crippen LogP contribution in [0.1, 0.15) is 25.9 Å². The molecular weight excluding hydrogens is 290 g/mol. The SMILES string of the molecule is Cc1cc(C(=O)N2CCN(C(=O)c3ccco3)CC2)ns1. The lowest BCUT2D eigenvalue weighted by molar-refractivity contribution is 0.0516. The van der Waals surface area contributed by atoms with Crippen molar-refractivity contribution < 1.29 is 14.0 Å². The van der Waals surface area contributed by atoms with E-state index in [1.807, 2.05) is 6.92 Å². The zero-order valence-corrected chi connectivity index (χ0v) is 12.4. The molecule has 3 rings (SSSR count). The Balaban J connectivity index is 1.60. The van der Waals surface area contributed by atoms with Gasteiger partial charge in [-0.1, -0.05) is 0 Å². The van der Waals surface area contributed by atoms with Gasteiger partial charge in [0.15, 0.2) is 5.76 Å². The van der Waals surface area contributed by atoms with Crippen molar-refractivity contribution in [1.29, 1.82) is 0 Å². The predicted octanol–water partition coefficient (Wildman–Crippen LogP) is 1.64. The van der Waals surface area contributed by atoms with Gasteiger partial charge < -0.3 is 14.2 Å². The second-order valence-corrected chi connectivity index (χ2v) is 5.89. The van der Waals surface area contributed by atoms with E-state index in [0.717, 1.165) is 4.88 Å². The molecule has 0 bridgehead atoms. The highest BCUT2D eigenvalue weighted by Gasteiger charge is 2.27. The molecule has 0 radical (unpaired) electrons. The van der Waals surface area contributed by atoms with Gasteiger partial charge in [-0.3, -0.25) is 9.59 Å². The number of amides is 2. The summed E-state index contributed by atoms with van der Waals surface area (Å²) in [6.45, 7) is 3.97. The van der Waals surface area contributed by atoms with Gasteiger partial charge in [-0.15, -0.1) is 0 Å². The molecule has 7 heteroatoms. The lowest BCUT2D eigenvalue weighted by Crippen LogP contribution is -2.50. The number of piperazine rings is 1. The first-order valence-corrected chi connectivity index (χ1v) is 7.48. The van der Waals surface area contributed by atoms with Crippen molar-refractivity contribution in [1.82, 2.24) is 14.2 Å². The minimum Gasteiger partial charge on any atom is -0.459 e. The van der Waals surface area contributed by atoms with Gasteiger partial charge in [-0.05, 0) is 36.7 Å². The normalized spacial score (nSPS) is 15.3. The second kappa shape index (κ2) is 5.69. The first-order valence-electron chi connectivity index (χ1n) is 6.70. The number of rotatable bonds is 2. The molecular formula is C14H15N3O3S. The topological polar surface area (TPSA) is 66.7 Å². The third kappa shape index (κ3) is 2.82. The number of nitrogens with zero attached hydrogens (tertiary/aromatic N) is 3. The van der Waals surface area contributed by atoms with Gasteiger partial charge in [-0.25, -0.2) is 0 Å². The van der Waals surface area contributed by atoms with E-state index in [1.165, 1.54) is 17.8 Å². The van der Waals surface area contributed by atoms with Crippen molar-refractivity contribution in [2.24, 2.45) is 0 Å². The van der Waals surface area contributed by atoms with Crippen LogP contribution in [-0.2, 0) is 0 Å². The Kier molecular flexibility index (Phi) is 3.74. The fourth-order valence-corrected chi connectivity index (χ4v) is 2.84. The largest absolute Gasteiger partial charge is 0.459 e. The fourth-order valence-electron chi connectivity index (χ4n) is 2.30. The van der Waals surface area contributed by atoms with Crippen molar-refractivity contribution >= 4 is 23.3 Å². The molecule has 21 heavy (non-hydrogen) atoms. The molecule has 0 spiro atoms. The van der Waals surface area contributed by atoms with Crippen molar-refractivity contribution in [3.8, 4) is 0 Å². The molecule has 3 heterocycles. The first-order chi connectivity index (χ1) is 10.1. The van der Waals surface area contributed by atoms with Gasteiger partial charge in [0.1, 0.15) is 5.69 Å². The summed E-state index contributed by atoms with van der Waals surface area (Å²) >= 11 is 1.33. The summed E-state index contributed by atoms with van der Waals surface area (Å²) in [7, 11) is 0. The molecule has 2 aromatic heterocycles. The standard InChI is InChI=1S/C14H15N3O3S/c1-10-9-11(15-21-10)13(18)16-4-6-17(7-5-16)14(19)12-3-2-8-20-12/h2-3,8-9H,4-7H2,1H3. The fraction of sp³-hybridized carbons (Fsp3) is 0.357. The van der Waals surface area contributed by atoms with Crippen LogP contribution in [0.4, 0.5) is 0 Å². The van der Waals surface area contributed by atoms with Gasteiger partial charge in [0.2, 0.25) is 0 Å². The second-order valence-electron chi connectivity index (χ2n) is 4.88. The number of furan rings is 1. The quantitative estimate of drug-likeness (QED) is 0.846. The molecule has 0 saturated carbocycles. The molecule has 110 valence electrons. The van der Waals surface area contributed by atoms with Gasteiger partial charge in [0, 0.05) is 31.1 Å². The summed E-state index contributed by atoms with van der Waals surface area (Å²) in [5.74, 6) is 0.144. The van der Waals surface area contributed by atoms with E-state index in [9.17, 15) is 9.59 Å². The molecule has 6 nitrogen and oxygen atoms in total. The Labute approximate surface area is 126 Å². The Morgan fingerprint density at radius 3 is 2.38 bits per heavy atom. The monoisotopic (exact) mass is 305 g/mol. The van der Waals surface area contributed by atoms with E-state index in [0.29, 0.717) is 37.6 Å². The third-order valence-electron chi connectivity index (χ3n) is 3.43. The average molecular weight is 305 g/mol. The summed E-state index contributed by atoms with van der Waals surface area (Å²) < 4.78 is 9.26. The van der Waals surface area contributed by atoms with Crippen molar-refractivity contribution in [3.05, 3.63) is 40.8 Å². The van der Waals surface area contributed by atoms with Crippen LogP contribution in [0.3, 0.4) is 0 Å². The van der Waals surface area contributed by atoms with Crippen LogP contribution in [-0.4, -0.2) is 52.2 Å². The minimum atomic E-state index is -0.128. The Morgan fingerprint density at radius 1 is 1.19 bits per heavy atom. The van der Waals surface area contributed by atoms with E-state index in [-0.39, 0.29) is 11.8 Å². The first kappa shape index (κ1) is 13.8. The van der Waals surface area contributed by atoms with E-state index in [4.69, 9.17) is 4.42 Å². The Morgan fingerprint density at radius 2 is 1.86 bits per heavy atom. The Hall–Kier alpha value is -2.15. The molecule has 2 amide bonds. The van der Waals surface area contributed by atoms with E-state index in [2.05, 4.69) is 4.37 Å². The van der Waals surface area contributed by atoms with E-state index in [1.54, 1.807) is 28.0 Å². The van der Waals surface area contributed by atoms with Gasteiger partial charge in [0.25, 0.3) is 11.8 Å². The maximum Gasteiger partial charge on any atom is 0.289 e. The maximum absolute atomic E-state index is 12.3. The number of hydrogen-bond acceptors (Lipinski definition) is 5. The van der Waals surface area contributed by atoms with Crippen LogP contribution in [0.15, 0.2) is 28.9 Å². The zero-order valence-electron chi connectivity index (χ0n) is 11.6. The number of aromatic nitrogens is 1. The molecule has 0 N–H and O–H groups in total. The molecule has 0 aromatic carbocycles. The van der Waals surface area contributed by atoms with Gasteiger partial charge >= 0.3 is 0 Å². The highest BCUT2D eigenvalue weighted by molar-refractivity contribution is 7.05. The smallest absolute Gasteiger partial charge is 0.289 e. The summed E-state index contributed by atoms with van der Waals surface area (Å²) in [5, 5.41) is 0. The summed E-state index contributed by atoms with van der Waals surface area (Å²) in [4.78, 5) is 28.9. The summed E-state index contributed by atoms with van der Waals surface area (Å²) in [6, 6.07) is 5.14. The number of aryl methyl sites for hydroxylation is 1. The van der Waals surface area contributed by atoms with Gasteiger partial charge in [0.05, 0.1) is 6.26 Å². The van der Waals surface area contributed by atoms with Crippen molar-refractivity contribution in [2.75, 3.05) is 26.2 Å². The molecule has 0 unspecified atom stereocenters. The zero-order chi connectivity index (χ0) is 14.8. The number of carbonyl (C=O) groups is 2. The molecule has 1 aliphatic rings. The molecule has 1 saturated heterocycles. The lowest BCUT2D eigenvalue weighted by atomic mass is 10.2. The highest BCUT2D eigenvalue weighted by Crippen LogP contribution is 2.14. The molecule has 2 aromatic rings. The van der Waals surface area contributed by atoms with Crippen molar-refractivity contribution in [2.45, 2.75) is 6.92 Å². The molecule has 0 aliphatic carbocycles. The van der Waals surface area contributed by atoms with Gasteiger partial charge in [-0.2, -0.15) is 4.37 Å². The molecule has 0 atom stereocenters. The van der Waals surface area contributed by atoms with Crippen molar-refractivity contribution in [3.63, 3.8) is 0 Å². The average Bonchev–Trinajstić information content (AvgIpc) is 3.17. The Bertz CT molecular complexity index is 642. The van der Waals surface area contributed by atoms with Crippen LogP contribution in [0.2, 0.25) is 0 Å². The summed E-state index contributed by atoms with van der Waals surface area (Å²) in [5.41, 5.74) is 0.489. The van der Waals surface area contributed by atoms with Crippen LogP contribution in [0.5, 0.6) is 0 Å². The number of hydrogen-bond donors (Lipinski definition) is 0. The van der Waals surface area contributed by atoms with Crippen LogP contribution >= 0.6 is 11.5 Å². The van der Waals surface area contributed by atoms with E-state index >= 15 is 0 Å². The summed E-state index contributed by atoms with van der Waals surface area (Å²) in [6.07, 6.45) is 1.48. The highest BCUT2D eigenvalue weighted by atomic mass is 32.1. The van der Waals surface area contributed by atoms with Crippen LogP contribution in [0, 0.1) is 6.92 Å². The minimum absolute atomic E-state index is 0.0653. The van der Waals surface area contributed by atoms with E-state index < -0.39 is 0 Å². The van der Waals surface area contributed by atoms with Crippen LogP contribution < -0.4 is 0 Å². The number of carbonyl (C=O) groups excluding carboxylic acids is 2. The predicted molar refractivity (Wildman–Crippen MR) is 77.4 cm³/mol. The molecule has 1 fully saturated rings. The molecule has 1 aliphatic heterocycles. The third-order valence-corrected chi connectivity index (χ3v) is 4.13. The maximum atomic E-state index is 12.3. The van der Waals surface area contributed by atoms with Crippen LogP contribution in [0.25, 0.3) is 0 Å².